The maximum Gasteiger partial charge on any atom is 0.387 e. The third kappa shape index (κ3) is 3.96. The molecule has 2 aliphatic carbocycles. The second-order valence-electron chi connectivity index (χ2n) is 11.0. The quantitative estimate of drug-likeness (QED) is 0.635. The summed E-state index contributed by atoms with van der Waals surface area (Å²) in [6.45, 7) is 4.20. The first-order valence-corrected chi connectivity index (χ1v) is 12.0. The number of nitrogens with two attached hydrogens (primary N) is 1. The molecular weight excluding hydrogens is 442 g/mol. The largest absolute Gasteiger partial charge is 0.431 e. The summed E-state index contributed by atoms with van der Waals surface area (Å²) in [5, 5.41) is 10.2. The number of alkyl halides is 2. The Labute approximate surface area is 197 Å². The highest BCUT2D eigenvalue weighted by molar-refractivity contribution is 5.66. The van der Waals surface area contributed by atoms with E-state index >= 15 is 0 Å². The highest BCUT2D eigenvalue weighted by Crippen LogP contribution is 2.58. The van der Waals surface area contributed by atoms with Crippen LogP contribution in [0.3, 0.4) is 0 Å². The first kappa shape index (κ1) is 21.9. The number of piperidine rings is 1. The van der Waals surface area contributed by atoms with Crippen LogP contribution in [-0.4, -0.2) is 69.4 Å². The Morgan fingerprint density at radius 2 is 1.91 bits per heavy atom. The molecule has 2 unspecified atom stereocenters. The van der Waals surface area contributed by atoms with Crippen molar-refractivity contribution >= 4 is 11.8 Å². The number of anilines is 2. The van der Waals surface area contributed by atoms with E-state index in [-0.39, 0.29) is 11.6 Å². The first-order valence-electron chi connectivity index (χ1n) is 12.0. The summed E-state index contributed by atoms with van der Waals surface area (Å²) >= 11 is 0. The Morgan fingerprint density at radius 3 is 2.53 bits per heavy atom. The zero-order chi connectivity index (χ0) is 23.8. The lowest BCUT2D eigenvalue weighted by Gasteiger charge is -2.27. The Kier molecular flexibility index (Phi) is 4.97. The number of nitrogen functional groups attached to an aromatic ring is 1. The summed E-state index contributed by atoms with van der Waals surface area (Å²) in [5.74, 6) is 2.55. The van der Waals surface area contributed by atoms with Crippen molar-refractivity contribution in [3.63, 3.8) is 0 Å². The molecule has 182 valence electrons. The SMILES string of the molecule is CC(C)(O)CN1CC2C(C1)C2c1cc(-c2cnc(N)c(OC(F)F)c2)nc(N2CC3CC2C3)n1. The van der Waals surface area contributed by atoms with Crippen molar-refractivity contribution in [1.82, 2.24) is 19.9 Å². The van der Waals surface area contributed by atoms with Gasteiger partial charge in [0.2, 0.25) is 5.95 Å². The lowest BCUT2D eigenvalue weighted by molar-refractivity contribution is -0.0494. The highest BCUT2D eigenvalue weighted by Gasteiger charge is 2.57. The minimum atomic E-state index is -2.98. The Hall–Kier alpha value is -2.59. The van der Waals surface area contributed by atoms with E-state index in [1.165, 1.54) is 18.9 Å². The predicted molar refractivity (Wildman–Crippen MR) is 123 cm³/mol. The normalized spacial score (nSPS) is 29.9. The van der Waals surface area contributed by atoms with Gasteiger partial charge in [0.1, 0.15) is 0 Å². The molecule has 2 bridgehead atoms. The van der Waals surface area contributed by atoms with E-state index in [1.54, 1.807) is 6.20 Å². The number of likely N-dealkylation sites (tertiary alicyclic amines) is 1. The van der Waals surface area contributed by atoms with Gasteiger partial charge >= 0.3 is 6.61 Å². The minimum absolute atomic E-state index is 0.0810. The number of nitrogens with zero attached hydrogens (tertiary/aromatic N) is 5. The van der Waals surface area contributed by atoms with Gasteiger partial charge in [-0.15, -0.1) is 0 Å². The fourth-order valence-electron chi connectivity index (χ4n) is 6.19. The van der Waals surface area contributed by atoms with E-state index < -0.39 is 12.2 Å². The van der Waals surface area contributed by atoms with Crippen molar-refractivity contribution in [2.24, 2.45) is 17.8 Å². The van der Waals surface area contributed by atoms with Gasteiger partial charge in [-0.3, -0.25) is 4.90 Å². The summed E-state index contributed by atoms with van der Waals surface area (Å²) in [5.41, 5.74) is 7.26. The van der Waals surface area contributed by atoms with Crippen LogP contribution < -0.4 is 15.4 Å². The van der Waals surface area contributed by atoms with Gasteiger partial charge in [0.25, 0.3) is 0 Å². The lowest BCUT2D eigenvalue weighted by atomic mass is 9.86. The number of aromatic nitrogens is 3. The summed E-state index contributed by atoms with van der Waals surface area (Å²) in [4.78, 5) is 18.5. The maximum absolute atomic E-state index is 12.8. The van der Waals surface area contributed by atoms with Crippen LogP contribution in [0.15, 0.2) is 18.3 Å². The van der Waals surface area contributed by atoms with Crippen molar-refractivity contribution in [2.45, 2.75) is 50.9 Å². The fourth-order valence-corrected chi connectivity index (χ4v) is 6.19. The van der Waals surface area contributed by atoms with Gasteiger partial charge < -0.3 is 20.5 Å². The van der Waals surface area contributed by atoms with Crippen molar-refractivity contribution in [1.29, 1.82) is 0 Å². The van der Waals surface area contributed by atoms with Gasteiger partial charge in [-0.1, -0.05) is 0 Å². The molecule has 5 heterocycles. The second-order valence-corrected chi connectivity index (χ2v) is 11.0. The van der Waals surface area contributed by atoms with Crippen LogP contribution in [0, 0.1) is 17.8 Å². The van der Waals surface area contributed by atoms with Crippen LogP contribution in [-0.2, 0) is 0 Å². The Balaban J connectivity index is 1.31. The molecule has 34 heavy (non-hydrogen) atoms. The van der Waals surface area contributed by atoms with Crippen LogP contribution in [0.25, 0.3) is 11.3 Å². The lowest BCUT2D eigenvalue weighted by Crippen LogP contribution is -2.38. The van der Waals surface area contributed by atoms with E-state index in [2.05, 4.69) is 19.5 Å². The van der Waals surface area contributed by atoms with Crippen molar-refractivity contribution < 1.29 is 18.6 Å². The van der Waals surface area contributed by atoms with E-state index in [1.807, 2.05) is 19.9 Å². The summed E-state index contributed by atoms with van der Waals surface area (Å²) in [6, 6.07) is 3.93. The molecule has 3 saturated heterocycles. The smallest absolute Gasteiger partial charge is 0.387 e. The number of aliphatic hydroxyl groups is 1. The van der Waals surface area contributed by atoms with E-state index in [4.69, 9.17) is 15.7 Å². The molecule has 5 aliphatic rings. The van der Waals surface area contributed by atoms with Crippen molar-refractivity contribution in [3.05, 3.63) is 24.0 Å². The number of ether oxygens (including phenoxy) is 1. The van der Waals surface area contributed by atoms with E-state index in [0.29, 0.717) is 53.5 Å². The number of hydrogen-bond donors (Lipinski definition) is 2. The Morgan fingerprint density at radius 1 is 1.18 bits per heavy atom. The first-order chi connectivity index (χ1) is 16.1. The second kappa shape index (κ2) is 7.71. The van der Waals surface area contributed by atoms with E-state index in [0.717, 1.165) is 25.3 Å². The van der Waals surface area contributed by atoms with Crippen molar-refractivity contribution in [2.75, 3.05) is 36.8 Å². The predicted octanol–water partition coefficient (Wildman–Crippen LogP) is 2.74. The van der Waals surface area contributed by atoms with Gasteiger partial charge in [-0.05, 0) is 56.6 Å². The van der Waals surface area contributed by atoms with Gasteiger partial charge in [0.05, 0.1) is 17.0 Å². The molecule has 10 heteroatoms. The average molecular weight is 473 g/mol. The number of hydrogen-bond acceptors (Lipinski definition) is 8. The molecule has 0 spiro atoms. The molecule has 3 N–H and O–H groups in total. The van der Waals surface area contributed by atoms with Crippen LogP contribution in [0.1, 0.15) is 38.3 Å². The zero-order valence-electron chi connectivity index (χ0n) is 19.4. The number of rotatable bonds is 7. The Bertz CT molecular complexity index is 1090. The molecular formula is C24H30F2N6O2. The summed E-state index contributed by atoms with van der Waals surface area (Å²) < 4.78 is 30.2. The van der Waals surface area contributed by atoms with Crippen molar-refractivity contribution in [3.8, 4) is 17.0 Å². The van der Waals surface area contributed by atoms with E-state index in [9.17, 15) is 13.9 Å². The molecule has 2 aromatic rings. The molecule has 3 aliphatic heterocycles. The molecule has 0 radical (unpaired) electrons. The average Bonchev–Trinajstić information content (AvgIpc) is 3.11. The summed E-state index contributed by atoms with van der Waals surface area (Å²) in [7, 11) is 0. The molecule has 2 aromatic heterocycles. The van der Waals surface area contributed by atoms with Gasteiger partial charge in [-0.25, -0.2) is 15.0 Å². The minimum Gasteiger partial charge on any atom is -0.431 e. The molecule has 0 amide bonds. The number of pyridine rings is 1. The molecule has 7 rings (SSSR count). The van der Waals surface area contributed by atoms with Gasteiger partial charge in [-0.2, -0.15) is 8.78 Å². The number of fused-ring (bicyclic) bond motifs is 2. The van der Waals surface area contributed by atoms with Crippen LogP contribution in [0.2, 0.25) is 0 Å². The van der Waals surface area contributed by atoms with Crippen LogP contribution in [0.4, 0.5) is 20.5 Å². The molecule has 5 fully saturated rings. The zero-order valence-corrected chi connectivity index (χ0v) is 19.4. The topological polar surface area (TPSA) is 101 Å². The van der Waals surface area contributed by atoms with Gasteiger partial charge in [0.15, 0.2) is 11.6 Å². The maximum atomic E-state index is 12.8. The molecule has 0 aromatic carbocycles. The molecule has 2 atom stereocenters. The number of halogens is 2. The van der Waals surface area contributed by atoms with Gasteiger partial charge in [0, 0.05) is 49.9 Å². The van der Waals surface area contributed by atoms with Crippen LogP contribution >= 0.6 is 0 Å². The third-order valence-electron chi connectivity index (χ3n) is 7.71. The molecule has 2 saturated carbocycles. The highest BCUT2D eigenvalue weighted by atomic mass is 19.3. The fraction of sp³-hybridized carbons (Fsp3) is 0.625. The molecule has 8 nitrogen and oxygen atoms in total. The standard InChI is InChI=1S/C24H30F2N6O2/c1-24(2,33)11-31-9-15-16(10-31)20(15)18-6-17(13-5-19(34-22(25)26)21(27)28-7-13)29-23(30-18)32-8-12-3-14(32)4-12/h5-7,12,14-16,20,22,33H,3-4,8-11H2,1-2H3,(H2,27,28). The summed E-state index contributed by atoms with van der Waals surface area (Å²) in [6.07, 6.45) is 3.91. The monoisotopic (exact) mass is 472 g/mol. The number of β-amino-alcohol motifs (C(OH)–C–C–N with tert-alkyl or cyclic N) is 1. The third-order valence-corrected chi connectivity index (χ3v) is 7.71. The van der Waals surface area contributed by atoms with Crippen LogP contribution in [0.5, 0.6) is 5.75 Å².